The predicted octanol–water partition coefficient (Wildman–Crippen LogP) is 0.611. The summed E-state index contributed by atoms with van der Waals surface area (Å²) in [6.45, 7) is 0.0215. The van der Waals surface area contributed by atoms with E-state index in [2.05, 4.69) is 5.32 Å². The van der Waals surface area contributed by atoms with Gasteiger partial charge >= 0.3 is 17.6 Å². The molecule has 1 aromatic rings. The second kappa shape index (κ2) is 5.59. The first-order valence-corrected chi connectivity index (χ1v) is 7.61. The number of hydrogen-bond acceptors (Lipinski definition) is 5. The molecule has 8 nitrogen and oxygen atoms in total. The Hall–Kier alpha value is -2.41. The fourth-order valence-corrected chi connectivity index (χ4v) is 2.86. The summed E-state index contributed by atoms with van der Waals surface area (Å²) in [5.41, 5.74) is -1.83. The largest absolute Gasteiger partial charge is 0.445 e. The summed E-state index contributed by atoms with van der Waals surface area (Å²) in [7, 11) is 4.58. The normalized spacial score (nSPS) is 25.9. The number of fused-ring (bicyclic) bond motifs is 1. The highest BCUT2D eigenvalue weighted by Gasteiger charge is 2.44. The number of rotatable bonds is 2. The molecule has 1 saturated heterocycles. The van der Waals surface area contributed by atoms with Crippen LogP contribution in [0.2, 0.25) is 0 Å². The van der Waals surface area contributed by atoms with Crippen molar-refractivity contribution in [1.29, 1.82) is 0 Å². The molecule has 0 radical (unpaired) electrons. The van der Waals surface area contributed by atoms with Crippen LogP contribution in [0.5, 0.6) is 5.75 Å². The number of cyclic esters (lactones) is 1. The molecule has 0 saturated carbocycles. The summed E-state index contributed by atoms with van der Waals surface area (Å²) in [6, 6.07) is 4.51. The Labute approximate surface area is 139 Å². The van der Waals surface area contributed by atoms with Crippen molar-refractivity contribution >= 4 is 38.5 Å². The first kappa shape index (κ1) is 16.4. The van der Waals surface area contributed by atoms with Crippen molar-refractivity contribution in [2.24, 2.45) is 0 Å². The van der Waals surface area contributed by atoms with E-state index in [-0.39, 0.29) is 12.3 Å². The van der Waals surface area contributed by atoms with Gasteiger partial charge in [-0.2, -0.15) is 4.39 Å². The third kappa shape index (κ3) is 2.54. The van der Waals surface area contributed by atoms with Crippen LogP contribution in [0.4, 0.5) is 20.6 Å². The Morgan fingerprint density at radius 3 is 2.83 bits per heavy atom. The maximum Gasteiger partial charge on any atom is 0.415 e. The zero-order chi connectivity index (χ0) is 17.6. The molecule has 1 fully saturated rings. The minimum absolute atomic E-state index is 0.0215. The molecule has 2 unspecified atom stereocenters. The molecule has 3 atom stereocenters. The van der Waals surface area contributed by atoms with Crippen molar-refractivity contribution in [3.05, 3.63) is 18.2 Å². The Balaban J connectivity index is 1.91. The molecule has 0 aliphatic carbocycles. The van der Waals surface area contributed by atoms with Crippen molar-refractivity contribution in [3.63, 3.8) is 0 Å². The van der Waals surface area contributed by atoms with E-state index in [9.17, 15) is 18.8 Å². The molecule has 10 heteroatoms. The topological polar surface area (TPSA) is 88.2 Å². The van der Waals surface area contributed by atoms with Crippen LogP contribution in [0.25, 0.3) is 0 Å². The highest BCUT2D eigenvalue weighted by molar-refractivity contribution is 7.20. The van der Waals surface area contributed by atoms with E-state index in [4.69, 9.17) is 9.47 Å². The number of nitrogens with zero attached hydrogens (tertiary/aromatic N) is 2. The third-order valence-electron chi connectivity index (χ3n) is 3.82. The van der Waals surface area contributed by atoms with Gasteiger partial charge in [-0.3, -0.25) is 14.5 Å². The number of nitrogens with one attached hydrogen (secondary N) is 1. The highest BCUT2D eigenvalue weighted by Crippen LogP contribution is 2.42. The lowest BCUT2D eigenvalue weighted by Crippen LogP contribution is -2.47. The summed E-state index contributed by atoms with van der Waals surface area (Å²) in [6.07, 6.45) is -1.62. The lowest BCUT2D eigenvalue weighted by Gasteiger charge is -2.34. The minimum atomic E-state index is -2.57. The van der Waals surface area contributed by atoms with Crippen molar-refractivity contribution < 1.29 is 28.2 Å². The molecule has 2 aliphatic rings. The van der Waals surface area contributed by atoms with Crippen molar-refractivity contribution in [2.45, 2.75) is 11.7 Å². The van der Waals surface area contributed by atoms with Gasteiger partial charge in [0.25, 0.3) is 5.91 Å². The summed E-state index contributed by atoms with van der Waals surface area (Å²) in [5, 5.41) is 2.41. The Morgan fingerprint density at radius 1 is 1.46 bits per heavy atom. The maximum atomic E-state index is 14.2. The second-order valence-corrected chi connectivity index (χ2v) is 6.10. The molecule has 0 aromatic heterocycles. The van der Waals surface area contributed by atoms with Gasteiger partial charge in [-0.15, -0.1) is 0 Å². The maximum absolute atomic E-state index is 14.2. The van der Waals surface area contributed by atoms with Crippen molar-refractivity contribution in [1.82, 2.24) is 5.32 Å². The van der Waals surface area contributed by atoms with E-state index in [0.29, 0.717) is 11.4 Å². The van der Waals surface area contributed by atoms with Gasteiger partial charge in [-0.05, 0) is 21.4 Å². The SMILES string of the molecule is CNC(=O)[C@H]1CN(c2ccc3c(c2)OC(F)(P)C(=O)N3C)C(=O)O1. The van der Waals surface area contributed by atoms with Crippen LogP contribution in [0.3, 0.4) is 0 Å². The van der Waals surface area contributed by atoms with E-state index in [1.807, 2.05) is 0 Å². The number of anilines is 2. The highest BCUT2D eigenvalue weighted by atomic mass is 31.0. The van der Waals surface area contributed by atoms with Gasteiger partial charge in [0.15, 0.2) is 6.10 Å². The van der Waals surface area contributed by atoms with Crippen LogP contribution in [-0.2, 0) is 14.3 Å². The number of amides is 3. The summed E-state index contributed by atoms with van der Waals surface area (Å²) < 4.78 is 24.3. The second-order valence-electron chi connectivity index (χ2n) is 5.36. The molecular weight excluding hydrogens is 340 g/mol. The number of hydrogen-bond donors (Lipinski definition) is 1. The number of carbonyl (C=O) groups excluding carboxylic acids is 3. The van der Waals surface area contributed by atoms with Gasteiger partial charge in [0, 0.05) is 20.2 Å². The zero-order valence-electron chi connectivity index (χ0n) is 12.9. The molecule has 2 aliphatic heterocycles. The molecule has 0 bridgehead atoms. The number of alkyl halides is 1. The van der Waals surface area contributed by atoms with Gasteiger partial charge < -0.3 is 19.7 Å². The molecule has 128 valence electrons. The average molecular weight is 355 g/mol. The Morgan fingerprint density at radius 2 is 2.17 bits per heavy atom. The third-order valence-corrected chi connectivity index (χ3v) is 4.19. The zero-order valence-corrected chi connectivity index (χ0v) is 14.1. The van der Waals surface area contributed by atoms with Crippen molar-refractivity contribution in [2.75, 3.05) is 30.4 Å². The molecule has 2 heterocycles. The van der Waals surface area contributed by atoms with Crippen LogP contribution in [0.1, 0.15) is 0 Å². The average Bonchev–Trinajstić information content (AvgIpc) is 2.93. The van der Waals surface area contributed by atoms with E-state index >= 15 is 0 Å². The molecule has 3 rings (SSSR count). The molecule has 1 N–H and O–H groups in total. The number of carbonyl (C=O) groups is 3. The van der Waals surface area contributed by atoms with Gasteiger partial charge in [-0.25, -0.2) is 4.79 Å². The molecule has 3 amide bonds. The van der Waals surface area contributed by atoms with Crippen LogP contribution in [0, 0.1) is 0 Å². The van der Waals surface area contributed by atoms with E-state index in [1.54, 1.807) is 15.3 Å². The minimum Gasteiger partial charge on any atom is -0.445 e. The number of likely N-dealkylation sites (N-methyl/N-ethyl adjacent to an activating group) is 2. The smallest absolute Gasteiger partial charge is 0.415 e. The fraction of sp³-hybridized carbons (Fsp3) is 0.357. The first-order valence-electron chi connectivity index (χ1n) is 7.03. The van der Waals surface area contributed by atoms with E-state index < -0.39 is 29.6 Å². The number of benzene rings is 1. The molecule has 0 spiro atoms. The Kier molecular flexibility index (Phi) is 3.83. The lowest BCUT2D eigenvalue weighted by molar-refractivity contribution is -0.138. The Bertz CT molecular complexity index is 741. The molecular formula is C14H15FN3O5P. The van der Waals surface area contributed by atoms with E-state index in [1.165, 1.54) is 31.1 Å². The van der Waals surface area contributed by atoms with Crippen LogP contribution < -0.4 is 19.9 Å². The molecule has 24 heavy (non-hydrogen) atoms. The van der Waals surface area contributed by atoms with Gasteiger partial charge in [0.2, 0.25) is 0 Å². The quantitative estimate of drug-likeness (QED) is 0.786. The fourth-order valence-electron chi connectivity index (χ4n) is 2.54. The summed E-state index contributed by atoms with van der Waals surface area (Å²) in [4.78, 5) is 37.8. The predicted molar refractivity (Wildman–Crippen MR) is 85.7 cm³/mol. The molecule has 1 aromatic carbocycles. The van der Waals surface area contributed by atoms with Crippen LogP contribution in [-0.4, -0.2) is 50.2 Å². The van der Waals surface area contributed by atoms with E-state index in [0.717, 1.165) is 4.90 Å². The van der Waals surface area contributed by atoms with Crippen LogP contribution in [0.15, 0.2) is 18.2 Å². The first-order chi connectivity index (χ1) is 11.2. The van der Waals surface area contributed by atoms with Crippen molar-refractivity contribution in [3.8, 4) is 5.75 Å². The summed E-state index contributed by atoms with van der Waals surface area (Å²) in [5.74, 6) is -1.17. The van der Waals surface area contributed by atoms with Gasteiger partial charge in [-0.1, -0.05) is 0 Å². The number of halogens is 1. The van der Waals surface area contributed by atoms with Gasteiger partial charge in [0.1, 0.15) is 5.75 Å². The number of ether oxygens (including phenoxy) is 2. The van der Waals surface area contributed by atoms with Crippen LogP contribution >= 0.6 is 9.24 Å². The summed E-state index contributed by atoms with van der Waals surface area (Å²) >= 11 is 0. The lowest BCUT2D eigenvalue weighted by atomic mass is 10.2. The standard InChI is InChI=1S/C14H15FN3O5P/c1-16-11(19)10-6-18(13(21)22-10)7-3-4-8-9(5-7)23-14(15,24)12(20)17(8)2/h3-5,10H,6,24H2,1-2H3,(H,16,19)/t10-,14?/m1/s1. The monoisotopic (exact) mass is 355 g/mol. The van der Waals surface area contributed by atoms with Gasteiger partial charge in [0.05, 0.1) is 17.9 Å².